The molecule has 0 bridgehead atoms. The van der Waals surface area contributed by atoms with E-state index in [1.807, 2.05) is 0 Å². The fourth-order valence-corrected chi connectivity index (χ4v) is 1.54. The van der Waals surface area contributed by atoms with Crippen molar-refractivity contribution in [2.24, 2.45) is 0 Å². The van der Waals surface area contributed by atoms with Gasteiger partial charge in [-0.3, -0.25) is 9.59 Å². The lowest BCUT2D eigenvalue weighted by atomic mass is 10.0. The maximum Gasteiger partial charge on any atom is 0.239 e. The Morgan fingerprint density at radius 2 is 1.89 bits per heavy atom. The number of nitrogens with one attached hydrogen (secondary N) is 2. The van der Waals surface area contributed by atoms with E-state index in [0.717, 1.165) is 0 Å². The molecule has 0 fully saturated rings. The standard InChI is InChI=1S/C13H17FN2O3/c1-8(16-12(18)7-15-9(2)17)13(19)10-3-5-11(14)6-4-10/h3-6,8,13,19H,7H2,1-2H3,(H,15,17)(H,16,18). The summed E-state index contributed by atoms with van der Waals surface area (Å²) in [4.78, 5) is 22.1. The molecule has 19 heavy (non-hydrogen) atoms. The number of aliphatic hydroxyl groups excluding tert-OH is 1. The molecular formula is C13H17FN2O3. The molecule has 2 unspecified atom stereocenters. The van der Waals surface area contributed by atoms with Crippen LogP contribution < -0.4 is 10.6 Å². The minimum Gasteiger partial charge on any atom is -0.386 e. The zero-order valence-corrected chi connectivity index (χ0v) is 10.8. The normalized spacial score (nSPS) is 13.5. The summed E-state index contributed by atoms with van der Waals surface area (Å²) in [7, 11) is 0. The van der Waals surface area contributed by atoms with Gasteiger partial charge in [-0.25, -0.2) is 4.39 Å². The number of rotatable bonds is 5. The summed E-state index contributed by atoms with van der Waals surface area (Å²) in [6, 6.07) is 4.84. The number of amides is 2. The van der Waals surface area contributed by atoms with E-state index in [1.54, 1.807) is 6.92 Å². The number of hydrogen-bond donors (Lipinski definition) is 3. The van der Waals surface area contributed by atoms with Crippen LogP contribution in [-0.2, 0) is 9.59 Å². The predicted molar refractivity (Wildman–Crippen MR) is 67.6 cm³/mol. The molecule has 0 radical (unpaired) electrons. The van der Waals surface area contributed by atoms with E-state index in [1.165, 1.54) is 31.2 Å². The summed E-state index contributed by atoms with van der Waals surface area (Å²) in [5, 5.41) is 14.9. The Balaban J connectivity index is 2.52. The topological polar surface area (TPSA) is 78.4 Å². The van der Waals surface area contributed by atoms with E-state index in [0.29, 0.717) is 5.56 Å². The van der Waals surface area contributed by atoms with E-state index < -0.39 is 23.9 Å². The molecule has 0 spiro atoms. The second kappa shape index (κ2) is 6.84. The summed E-state index contributed by atoms with van der Waals surface area (Å²) in [6.07, 6.45) is -0.943. The van der Waals surface area contributed by atoms with Crippen molar-refractivity contribution in [3.8, 4) is 0 Å². The molecule has 1 aromatic rings. The molecule has 0 aromatic heterocycles. The fourth-order valence-electron chi connectivity index (χ4n) is 1.54. The second-order valence-corrected chi connectivity index (χ2v) is 4.26. The van der Waals surface area contributed by atoms with Gasteiger partial charge in [0.15, 0.2) is 0 Å². The summed E-state index contributed by atoms with van der Waals surface area (Å²) in [6.45, 7) is 2.79. The Bertz CT molecular complexity index is 448. The molecule has 0 saturated carbocycles. The Morgan fingerprint density at radius 3 is 2.42 bits per heavy atom. The van der Waals surface area contributed by atoms with Crippen molar-refractivity contribution in [1.29, 1.82) is 0 Å². The lowest BCUT2D eigenvalue weighted by molar-refractivity contribution is -0.125. The third kappa shape index (κ3) is 5.05. The highest BCUT2D eigenvalue weighted by molar-refractivity contribution is 5.83. The monoisotopic (exact) mass is 268 g/mol. The predicted octanol–water partition coefficient (Wildman–Crippen LogP) is 0.500. The number of carbonyl (C=O) groups is 2. The second-order valence-electron chi connectivity index (χ2n) is 4.26. The molecule has 3 N–H and O–H groups in total. The van der Waals surface area contributed by atoms with Gasteiger partial charge in [0, 0.05) is 6.92 Å². The molecule has 1 rings (SSSR count). The van der Waals surface area contributed by atoms with Crippen LogP contribution in [0.3, 0.4) is 0 Å². The van der Waals surface area contributed by atoms with E-state index in [4.69, 9.17) is 0 Å². The van der Waals surface area contributed by atoms with Crippen molar-refractivity contribution >= 4 is 11.8 Å². The third-order valence-electron chi connectivity index (χ3n) is 2.57. The maximum absolute atomic E-state index is 12.7. The average Bonchev–Trinajstić information content (AvgIpc) is 2.36. The van der Waals surface area contributed by atoms with Gasteiger partial charge in [-0.05, 0) is 24.6 Å². The molecule has 6 heteroatoms. The summed E-state index contributed by atoms with van der Waals surface area (Å²) < 4.78 is 12.7. The Labute approximate surface area is 110 Å². The Hall–Kier alpha value is -1.95. The summed E-state index contributed by atoms with van der Waals surface area (Å²) >= 11 is 0. The molecule has 2 amide bonds. The van der Waals surface area contributed by atoms with Crippen molar-refractivity contribution in [3.63, 3.8) is 0 Å². The first-order chi connectivity index (χ1) is 8.90. The van der Waals surface area contributed by atoms with E-state index >= 15 is 0 Å². The number of aliphatic hydroxyl groups is 1. The molecule has 5 nitrogen and oxygen atoms in total. The quantitative estimate of drug-likeness (QED) is 0.727. The van der Waals surface area contributed by atoms with E-state index in [9.17, 15) is 19.1 Å². The maximum atomic E-state index is 12.7. The van der Waals surface area contributed by atoms with Gasteiger partial charge in [0.25, 0.3) is 0 Å². The Morgan fingerprint density at radius 1 is 1.32 bits per heavy atom. The Kier molecular flexibility index (Phi) is 5.44. The smallest absolute Gasteiger partial charge is 0.239 e. The summed E-state index contributed by atoms with van der Waals surface area (Å²) in [5.41, 5.74) is 0.508. The molecule has 104 valence electrons. The van der Waals surface area contributed by atoms with Crippen molar-refractivity contribution in [2.45, 2.75) is 26.0 Å². The van der Waals surface area contributed by atoms with Crippen LogP contribution in [0.5, 0.6) is 0 Å². The number of benzene rings is 1. The van der Waals surface area contributed by atoms with Crippen molar-refractivity contribution in [2.75, 3.05) is 6.54 Å². The van der Waals surface area contributed by atoms with Gasteiger partial charge in [0.05, 0.1) is 18.7 Å². The SMILES string of the molecule is CC(=O)NCC(=O)NC(C)C(O)c1ccc(F)cc1. The van der Waals surface area contributed by atoms with E-state index in [-0.39, 0.29) is 12.5 Å². The molecule has 0 heterocycles. The molecule has 0 aliphatic heterocycles. The van der Waals surface area contributed by atoms with Gasteiger partial charge in [-0.15, -0.1) is 0 Å². The van der Waals surface area contributed by atoms with Gasteiger partial charge < -0.3 is 15.7 Å². The minimum atomic E-state index is -0.943. The van der Waals surface area contributed by atoms with Crippen LogP contribution in [0.4, 0.5) is 4.39 Å². The lowest BCUT2D eigenvalue weighted by Crippen LogP contribution is -2.42. The van der Waals surface area contributed by atoms with Crippen molar-refractivity contribution in [3.05, 3.63) is 35.6 Å². The first-order valence-corrected chi connectivity index (χ1v) is 5.87. The van der Waals surface area contributed by atoms with Gasteiger partial charge in [0.1, 0.15) is 5.82 Å². The number of hydrogen-bond acceptors (Lipinski definition) is 3. The van der Waals surface area contributed by atoms with Crippen LogP contribution in [0.1, 0.15) is 25.5 Å². The zero-order chi connectivity index (χ0) is 14.4. The molecule has 0 saturated heterocycles. The highest BCUT2D eigenvalue weighted by atomic mass is 19.1. The molecular weight excluding hydrogens is 251 g/mol. The number of carbonyl (C=O) groups excluding carboxylic acids is 2. The minimum absolute atomic E-state index is 0.143. The van der Waals surface area contributed by atoms with Crippen LogP contribution in [0.25, 0.3) is 0 Å². The van der Waals surface area contributed by atoms with Crippen LogP contribution >= 0.6 is 0 Å². The van der Waals surface area contributed by atoms with Gasteiger partial charge >= 0.3 is 0 Å². The third-order valence-corrected chi connectivity index (χ3v) is 2.57. The lowest BCUT2D eigenvalue weighted by Gasteiger charge is -2.20. The first-order valence-electron chi connectivity index (χ1n) is 5.87. The average molecular weight is 268 g/mol. The molecule has 1 aromatic carbocycles. The first kappa shape index (κ1) is 15.1. The highest BCUT2D eigenvalue weighted by Gasteiger charge is 2.18. The molecule has 0 aliphatic rings. The van der Waals surface area contributed by atoms with E-state index in [2.05, 4.69) is 10.6 Å². The molecule has 0 aliphatic carbocycles. The highest BCUT2D eigenvalue weighted by Crippen LogP contribution is 2.16. The van der Waals surface area contributed by atoms with Crippen LogP contribution in [0.15, 0.2) is 24.3 Å². The van der Waals surface area contributed by atoms with Crippen LogP contribution in [-0.4, -0.2) is 29.5 Å². The molecule has 2 atom stereocenters. The number of halogens is 1. The van der Waals surface area contributed by atoms with Gasteiger partial charge in [-0.2, -0.15) is 0 Å². The largest absolute Gasteiger partial charge is 0.386 e. The van der Waals surface area contributed by atoms with Crippen LogP contribution in [0, 0.1) is 5.82 Å². The van der Waals surface area contributed by atoms with Crippen LogP contribution in [0.2, 0.25) is 0 Å². The summed E-state index contributed by atoms with van der Waals surface area (Å²) in [5.74, 6) is -1.09. The van der Waals surface area contributed by atoms with Crippen molar-refractivity contribution in [1.82, 2.24) is 10.6 Å². The fraction of sp³-hybridized carbons (Fsp3) is 0.385. The zero-order valence-electron chi connectivity index (χ0n) is 10.8. The van der Waals surface area contributed by atoms with Gasteiger partial charge in [-0.1, -0.05) is 12.1 Å². The van der Waals surface area contributed by atoms with Crippen molar-refractivity contribution < 1.29 is 19.1 Å². The van der Waals surface area contributed by atoms with Gasteiger partial charge in [0.2, 0.25) is 11.8 Å².